The van der Waals surface area contributed by atoms with Crippen molar-refractivity contribution < 1.29 is 9.53 Å². The molecule has 0 unspecified atom stereocenters. The van der Waals surface area contributed by atoms with E-state index in [0.29, 0.717) is 22.3 Å². The van der Waals surface area contributed by atoms with Crippen LogP contribution in [-0.2, 0) is 0 Å². The maximum absolute atomic E-state index is 12.7. The Balaban J connectivity index is 0.00000242. The number of carbonyl (C=O) groups excluding carboxylic acids is 1. The lowest BCUT2D eigenvalue weighted by Crippen LogP contribution is -2.39. The van der Waals surface area contributed by atoms with Crippen LogP contribution in [-0.4, -0.2) is 44.6 Å². The molecule has 0 saturated carbocycles. The van der Waals surface area contributed by atoms with Gasteiger partial charge in [-0.3, -0.25) is 4.79 Å². The average Bonchev–Trinajstić information content (AvgIpc) is 2.52. The molecule has 1 aromatic rings. The first-order valence-electron chi connectivity index (χ1n) is 7.43. The van der Waals surface area contributed by atoms with Gasteiger partial charge in [-0.2, -0.15) is 0 Å². The van der Waals surface area contributed by atoms with E-state index < -0.39 is 0 Å². The zero-order chi connectivity index (χ0) is 15.2. The van der Waals surface area contributed by atoms with Crippen LogP contribution in [0.25, 0.3) is 0 Å². The standard InChI is InChI=1S/C16H23ClN2O2.ClH/c1-18-9-6-12-7-10-19(11-8-12)16(20)15-13(17)4-3-5-14(15)21-2;/h3-5,12,18H,6-11H2,1-2H3;1H. The van der Waals surface area contributed by atoms with Gasteiger partial charge in [0, 0.05) is 13.1 Å². The minimum atomic E-state index is -0.0236. The first-order valence-corrected chi connectivity index (χ1v) is 7.81. The summed E-state index contributed by atoms with van der Waals surface area (Å²) in [6, 6.07) is 5.30. The molecule has 1 saturated heterocycles. The third-order valence-electron chi connectivity index (χ3n) is 4.11. The fraction of sp³-hybridized carbons (Fsp3) is 0.562. The summed E-state index contributed by atoms with van der Waals surface area (Å²) in [6.45, 7) is 2.63. The van der Waals surface area contributed by atoms with E-state index in [1.807, 2.05) is 11.9 Å². The molecule has 1 N–H and O–H groups in total. The Labute approximate surface area is 143 Å². The normalized spacial score (nSPS) is 15.3. The summed E-state index contributed by atoms with van der Waals surface area (Å²) < 4.78 is 5.27. The molecule has 4 nitrogen and oxygen atoms in total. The molecule has 0 spiro atoms. The molecule has 1 heterocycles. The second-order valence-electron chi connectivity index (χ2n) is 5.44. The van der Waals surface area contributed by atoms with Crippen LogP contribution in [0.1, 0.15) is 29.6 Å². The van der Waals surface area contributed by atoms with Gasteiger partial charge >= 0.3 is 0 Å². The highest BCUT2D eigenvalue weighted by Gasteiger charge is 2.26. The van der Waals surface area contributed by atoms with Crippen molar-refractivity contribution in [3.05, 3.63) is 28.8 Å². The number of likely N-dealkylation sites (tertiary alicyclic amines) is 1. The lowest BCUT2D eigenvalue weighted by molar-refractivity contribution is 0.0684. The Morgan fingerprint density at radius 2 is 2.09 bits per heavy atom. The maximum Gasteiger partial charge on any atom is 0.259 e. The van der Waals surface area contributed by atoms with Gasteiger partial charge in [0.05, 0.1) is 12.1 Å². The summed E-state index contributed by atoms with van der Waals surface area (Å²) in [7, 11) is 3.54. The fourth-order valence-electron chi connectivity index (χ4n) is 2.81. The van der Waals surface area contributed by atoms with Gasteiger partial charge in [-0.15, -0.1) is 12.4 Å². The Kier molecular flexibility index (Phi) is 8.01. The number of benzene rings is 1. The van der Waals surface area contributed by atoms with Crippen molar-refractivity contribution in [1.82, 2.24) is 10.2 Å². The van der Waals surface area contributed by atoms with E-state index >= 15 is 0 Å². The summed E-state index contributed by atoms with van der Waals surface area (Å²) >= 11 is 6.18. The van der Waals surface area contributed by atoms with Crippen LogP contribution in [0.3, 0.4) is 0 Å². The molecule has 1 aromatic carbocycles. The van der Waals surface area contributed by atoms with E-state index in [9.17, 15) is 4.79 Å². The number of hydrogen-bond acceptors (Lipinski definition) is 3. The maximum atomic E-state index is 12.7. The van der Waals surface area contributed by atoms with E-state index in [4.69, 9.17) is 16.3 Å². The van der Waals surface area contributed by atoms with Crippen LogP contribution < -0.4 is 10.1 Å². The summed E-state index contributed by atoms with van der Waals surface area (Å²) in [5.41, 5.74) is 0.482. The summed E-state index contributed by atoms with van der Waals surface area (Å²) in [4.78, 5) is 14.6. The van der Waals surface area contributed by atoms with Gasteiger partial charge < -0.3 is 15.0 Å². The predicted molar refractivity (Wildman–Crippen MR) is 92.4 cm³/mol. The van der Waals surface area contributed by atoms with Gasteiger partial charge in [-0.05, 0) is 50.9 Å². The summed E-state index contributed by atoms with van der Waals surface area (Å²) in [6.07, 6.45) is 3.29. The molecule has 124 valence electrons. The van der Waals surface area contributed by atoms with E-state index in [0.717, 1.165) is 32.5 Å². The molecule has 22 heavy (non-hydrogen) atoms. The first kappa shape index (κ1) is 19.1. The van der Waals surface area contributed by atoms with E-state index in [1.165, 1.54) is 6.42 Å². The van der Waals surface area contributed by atoms with Crippen molar-refractivity contribution in [2.75, 3.05) is 33.8 Å². The molecular weight excluding hydrogens is 323 g/mol. The SMILES string of the molecule is CNCCC1CCN(C(=O)c2c(Cl)cccc2OC)CC1.Cl. The van der Waals surface area contributed by atoms with Crippen LogP contribution in [0.2, 0.25) is 5.02 Å². The number of hydrogen-bond donors (Lipinski definition) is 1. The van der Waals surface area contributed by atoms with Crippen molar-refractivity contribution >= 4 is 29.9 Å². The smallest absolute Gasteiger partial charge is 0.259 e. The number of halogens is 2. The molecule has 6 heteroatoms. The van der Waals surface area contributed by atoms with Gasteiger partial charge in [0.1, 0.15) is 11.3 Å². The lowest BCUT2D eigenvalue weighted by Gasteiger charge is -2.32. The number of nitrogens with one attached hydrogen (secondary N) is 1. The number of carbonyl (C=O) groups is 1. The molecule has 1 amide bonds. The van der Waals surface area contributed by atoms with Crippen LogP contribution in [0.15, 0.2) is 18.2 Å². The topological polar surface area (TPSA) is 41.6 Å². The molecule has 0 aromatic heterocycles. The van der Waals surface area contributed by atoms with Crippen LogP contribution in [0.4, 0.5) is 0 Å². The predicted octanol–water partition coefficient (Wildman–Crippen LogP) is 3.23. The zero-order valence-corrected chi connectivity index (χ0v) is 14.7. The van der Waals surface area contributed by atoms with Gasteiger partial charge in [-0.1, -0.05) is 17.7 Å². The summed E-state index contributed by atoms with van der Waals surface area (Å²) in [5.74, 6) is 1.23. The van der Waals surface area contributed by atoms with Gasteiger partial charge in [-0.25, -0.2) is 0 Å². The Hall–Kier alpha value is -0.970. The van der Waals surface area contributed by atoms with Crippen molar-refractivity contribution in [3.8, 4) is 5.75 Å². The number of rotatable bonds is 5. The Bertz CT molecular complexity index is 489. The van der Waals surface area contributed by atoms with Crippen molar-refractivity contribution in [1.29, 1.82) is 0 Å². The van der Waals surface area contributed by atoms with Crippen molar-refractivity contribution in [2.24, 2.45) is 5.92 Å². The Morgan fingerprint density at radius 1 is 1.41 bits per heavy atom. The number of amides is 1. The number of ether oxygens (including phenoxy) is 1. The molecule has 1 aliphatic rings. The highest BCUT2D eigenvalue weighted by Crippen LogP contribution is 2.29. The molecule has 0 radical (unpaired) electrons. The Morgan fingerprint density at radius 3 is 2.68 bits per heavy atom. The third kappa shape index (κ3) is 4.51. The molecule has 0 atom stereocenters. The van der Waals surface area contributed by atoms with Gasteiger partial charge in [0.25, 0.3) is 5.91 Å². The van der Waals surface area contributed by atoms with E-state index in [-0.39, 0.29) is 18.3 Å². The zero-order valence-electron chi connectivity index (χ0n) is 13.1. The highest BCUT2D eigenvalue weighted by molar-refractivity contribution is 6.34. The number of methoxy groups -OCH3 is 1. The molecule has 2 rings (SSSR count). The van der Waals surface area contributed by atoms with Crippen LogP contribution in [0, 0.1) is 5.92 Å². The molecule has 1 aliphatic heterocycles. The van der Waals surface area contributed by atoms with Crippen LogP contribution >= 0.6 is 24.0 Å². The van der Waals surface area contributed by atoms with E-state index in [2.05, 4.69) is 5.32 Å². The molecule has 1 fully saturated rings. The lowest BCUT2D eigenvalue weighted by atomic mass is 9.93. The number of piperidine rings is 1. The third-order valence-corrected chi connectivity index (χ3v) is 4.43. The molecule has 0 aliphatic carbocycles. The largest absolute Gasteiger partial charge is 0.496 e. The van der Waals surface area contributed by atoms with Crippen LogP contribution in [0.5, 0.6) is 5.75 Å². The second kappa shape index (κ2) is 9.23. The van der Waals surface area contributed by atoms with Gasteiger partial charge in [0.15, 0.2) is 0 Å². The average molecular weight is 347 g/mol. The first-order chi connectivity index (χ1) is 10.2. The fourth-order valence-corrected chi connectivity index (χ4v) is 3.06. The van der Waals surface area contributed by atoms with Crippen molar-refractivity contribution in [2.45, 2.75) is 19.3 Å². The molecule has 0 bridgehead atoms. The van der Waals surface area contributed by atoms with Crippen molar-refractivity contribution in [3.63, 3.8) is 0 Å². The minimum absolute atomic E-state index is 0. The quantitative estimate of drug-likeness (QED) is 0.889. The minimum Gasteiger partial charge on any atom is -0.496 e. The molecular formula is C16H24Cl2N2O2. The second-order valence-corrected chi connectivity index (χ2v) is 5.85. The monoisotopic (exact) mass is 346 g/mol. The number of nitrogens with zero attached hydrogens (tertiary/aromatic N) is 1. The summed E-state index contributed by atoms with van der Waals surface area (Å²) in [5, 5.41) is 3.64. The van der Waals surface area contributed by atoms with E-state index in [1.54, 1.807) is 25.3 Å². The van der Waals surface area contributed by atoms with Gasteiger partial charge in [0.2, 0.25) is 0 Å². The highest BCUT2D eigenvalue weighted by atomic mass is 35.5.